The average molecular weight is 423 g/mol. The van der Waals surface area contributed by atoms with Gasteiger partial charge in [0, 0.05) is 11.4 Å². The van der Waals surface area contributed by atoms with Crippen molar-refractivity contribution in [2.45, 2.75) is 23.5 Å². The number of ether oxygens (including phenoxy) is 1. The highest BCUT2D eigenvalue weighted by Crippen LogP contribution is 2.33. The first-order valence-electron chi connectivity index (χ1n) is 8.50. The second-order valence-electron chi connectivity index (χ2n) is 6.40. The van der Waals surface area contributed by atoms with Crippen LogP contribution in [0.3, 0.4) is 0 Å². The summed E-state index contributed by atoms with van der Waals surface area (Å²) in [6, 6.07) is 11.0. The van der Waals surface area contributed by atoms with Crippen LogP contribution in [0.25, 0.3) is 0 Å². The van der Waals surface area contributed by atoms with Crippen molar-refractivity contribution in [2.24, 2.45) is 0 Å². The largest absolute Gasteiger partial charge is 0.495 e. The summed E-state index contributed by atoms with van der Waals surface area (Å²) in [5.41, 5.74) is 0.557. The number of sulfone groups is 1. The van der Waals surface area contributed by atoms with Gasteiger partial charge in [0.15, 0.2) is 9.84 Å². The van der Waals surface area contributed by atoms with Crippen LogP contribution >= 0.6 is 11.6 Å². The van der Waals surface area contributed by atoms with Crippen LogP contribution in [0.4, 0.5) is 11.4 Å². The highest BCUT2D eigenvalue weighted by Gasteiger charge is 2.36. The molecule has 0 fully saturated rings. The van der Waals surface area contributed by atoms with E-state index < -0.39 is 26.9 Å². The third-order valence-corrected chi connectivity index (χ3v) is 6.91. The molecule has 1 heterocycles. The van der Waals surface area contributed by atoms with Gasteiger partial charge in [0.2, 0.25) is 11.8 Å². The second-order valence-corrected chi connectivity index (χ2v) is 9.17. The molecule has 0 saturated carbocycles. The van der Waals surface area contributed by atoms with E-state index in [2.05, 4.69) is 5.32 Å². The van der Waals surface area contributed by atoms with Crippen LogP contribution in [0.1, 0.15) is 13.3 Å². The van der Waals surface area contributed by atoms with E-state index in [1.54, 1.807) is 24.3 Å². The predicted octanol–water partition coefficient (Wildman–Crippen LogP) is 2.89. The third kappa shape index (κ3) is 3.83. The van der Waals surface area contributed by atoms with Crippen molar-refractivity contribution in [1.82, 2.24) is 0 Å². The van der Waals surface area contributed by atoms with E-state index in [9.17, 15) is 18.0 Å². The SMILES string of the molecule is COc1ccc(Cl)cc1NC(=O)CN1C(=O)C[C@@H](C)S(=O)(=O)c2ccccc21. The van der Waals surface area contributed by atoms with E-state index in [4.69, 9.17) is 16.3 Å². The number of nitrogens with one attached hydrogen (secondary N) is 1. The van der Waals surface area contributed by atoms with Gasteiger partial charge in [-0.3, -0.25) is 9.59 Å². The number of carbonyl (C=O) groups is 2. The maximum atomic E-state index is 12.7. The Kier molecular flexibility index (Phi) is 5.62. The summed E-state index contributed by atoms with van der Waals surface area (Å²) in [7, 11) is -2.21. The minimum Gasteiger partial charge on any atom is -0.495 e. The number of para-hydroxylation sites is 1. The molecule has 7 nitrogen and oxygen atoms in total. The first-order chi connectivity index (χ1) is 13.2. The number of amides is 2. The van der Waals surface area contributed by atoms with Crippen LogP contribution in [0.15, 0.2) is 47.4 Å². The number of hydrogen-bond donors (Lipinski definition) is 1. The summed E-state index contributed by atoms with van der Waals surface area (Å²) in [6.45, 7) is 1.15. The standard InChI is InChI=1S/C19H19ClN2O5S/c1-12-9-19(24)22(15-5-3-4-6-17(15)28(12,25)26)11-18(23)21-14-10-13(20)7-8-16(14)27-2/h3-8,10,12H,9,11H2,1-2H3,(H,21,23)/t12-/m1/s1. The normalized spacial score (nSPS) is 18.2. The molecular formula is C19H19ClN2O5S. The number of carbonyl (C=O) groups excluding carboxylic acids is 2. The smallest absolute Gasteiger partial charge is 0.244 e. The maximum Gasteiger partial charge on any atom is 0.244 e. The van der Waals surface area contributed by atoms with Crippen LogP contribution in [0.5, 0.6) is 5.75 Å². The molecule has 0 aromatic heterocycles. The highest BCUT2D eigenvalue weighted by atomic mass is 35.5. The monoisotopic (exact) mass is 422 g/mol. The van der Waals surface area contributed by atoms with Gasteiger partial charge < -0.3 is 15.0 Å². The molecule has 28 heavy (non-hydrogen) atoms. The number of rotatable bonds is 4. The van der Waals surface area contributed by atoms with Gasteiger partial charge in [-0.05, 0) is 37.3 Å². The van der Waals surface area contributed by atoms with Gasteiger partial charge in [0.25, 0.3) is 0 Å². The maximum absolute atomic E-state index is 12.7. The van der Waals surface area contributed by atoms with Crippen molar-refractivity contribution in [3.63, 3.8) is 0 Å². The summed E-state index contributed by atoms with van der Waals surface area (Å²) in [4.78, 5) is 26.5. The quantitative estimate of drug-likeness (QED) is 0.817. The van der Waals surface area contributed by atoms with Gasteiger partial charge in [0.1, 0.15) is 12.3 Å². The van der Waals surface area contributed by atoms with Crippen LogP contribution in [0.2, 0.25) is 5.02 Å². The molecule has 0 unspecified atom stereocenters. The minimum absolute atomic E-state index is 0.0430. The molecule has 2 amide bonds. The first-order valence-corrected chi connectivity index (χ1v) is 10.4. The molecule has 1 atom stereocenters. The fraction of sp³-hybridized carbons (Fsp3) is 0.263. The molecule has 0 spiro atoms. The van der Waals surface area contributed by atoms with Crippen molar-refractivity contribution in [2.75, 3.05) is 23.9 Å². The van der Waals surface area contributed by atoms with Crippen LogP contribution in [-0.4, -0.2) is 39.1 Å². The Hall–Kier alpha value is -2.58. The van der Waals surface area contributed by atoms with Gasteiger partial charge in [-0.2, -0.15) is 0 Å². The molecule has 0 bridgehead atoms. The zero-order valence-electron chi connectivity index (χ0n) is 15.3. The Bertz CT molecular complexity index is 1040. The molecule has 0 radical (unpaired) electrons. The highest BCUT2D eigenvalue weighted by molar-refractivity contribution is 7.92. The predicted molar refractivity (Wildman–Crippen MR) is 107 cm³/mol. The minimum atomic E-state index is -3.67. The molecule has 1 aliphatic heterocycles. The summed E-state index contributed by atoms with van der Waals surface area (Å²) in [5.74, 6) is -0.526. The lowest BCUT2D eigenvalue weighted by Crippen LogP contribution is -2.38. The van der Waals surface area contributed by atoms with Crippen LogP contribution in [0, 0.1) is 0 Å². The number of hydrogen-bond acceptors (Lipinski definition) is 5. The van der Waals surface area contributed by atoms with E-state index >= 15 is 0 Å². The fourth-order valence-corrected chi connectivity index (χ4v) is 4.73. The number of benzene rings is 2. The fourth-order valence-electron chi connectivity index (χ4n) is 3.02. The molecule has 1 N–H and O–H groups in total. The molecule has 148 valence electrons. The van der Waals surface area contributed by atoms with Gasteiger partial charge in [-0.1, -0.05) is 23.7 Å². The van der Waals surface area contributed by atoms with Gasteiger partial charge in [-0.25, -0.2) is 8.42 Å². The number of halogens is 1. The van der Waals surface area contributed by atoms with Crippen molar-refractivity contribution in [3.05, 3.63) is 47.5 Å². The number of fused-ring (bicyclic) bond motifs is 1. The molecule has 2 aromatic rings. The van der Waals surface area contributed by atoms with E-state index in [1.807, 2.05) is 0 Å². The van der Waals surface area contributed by atoms with Gasteiger partial charge >= 0.3 is 0 Å². The Morgan fingerprint density at radius 3 is 2.71 bits per heavy atom. The lowest BCUT2D eigenvalue weighted by Gasteiger charge is -2.22. The van der Waals surface area contributed by atoms with Crippen LogP contribution < -0.4 is 15.0 Å². The molecule has 1 aliphatic rings. The molecular weight excluding hydrogens is 404 g/mol. The summed E-state index contributed by atoms with van der Waals surface area (Å²) in [5, 5.41) is 2.20. The van der Waals surface area contributed by atoms with Crippen molar-refractivity contribution < 1.29 is 22.7 Å². The summed E-state index contributed by atoms with van der Waals surface area (Å²) in [6.07, 6.45) is -0.204. The first kappa shape index (κ1) is 20.2. The summed E-state index contributed by atoms with van der Waals surface area (Å²) >= 11 is 5.97. The van der Waals surface area contributed by atoms with E-state index in [-0.39, 0.29) is 23.5 Å². The Morgan fingerprint density at radius 2 is 2.00 bits per heavy atom. The lowest BCUT2D eigenvalue weighted by atomic mass is 10.2. The zero-order valence-corrected chi connectivity index (χ0v) is 16.9. The Morgan fingerprint density at radius 1 is 1.29 bits per heavy atom. The molecule has 3 rings (SSSR count). The zero-order chi connectivity index (χ0) is 20.5. The second kappa shape index (κ2) is 7.81. The van der Waals surface area contributed by atoms with Crippen molar-refractivity contribution in [1.29, 1.82) is 0 Å². The third-order valence-electron chi connectivity index (χ3n) is 4.49. The lowest BCUT2D eigenvalue weighted by molar-refractivity contribution is -0.121. The molecule has 2 aromatic carbocycles. The topological polar surface area (TPSA) is 92.8 Å². The van der Waals surface area contributed by atoms with Crippen LogP contribution in [-0.2, 0) is 19.4 Å². The van der Waals surface area contributed by atoms with E-state index in [1.165, 1.54) is 37.1 Å². The van der Waals surface area contributed by atoms with Crippen molar-refractivity contribution in [3.8, 4) is 5.75 Å². The Labute approximate surface area is 168 Å². The van der Waals surface area contributed by atoms with E-state index in [0.717, 1.165) is 0 Å². The number of nitrogens with zero attached hydrogens (tertiary/aromatic N) is 1. The molecule has 0 aliphatic carbocycles. The average Bonchev–Trinajstić information content (AvgIpc) is 2.71. The van der Waals surface area contributed by atoms with E-state index in [0.29, 0.717) is 16.5 Å². The Balaban J connectivity index is 1.92. The number of methoxy groups -OCH3 is 1. The summed E-state index contributed by atoms with van der Waals surface area (Å²) < 4.78 is 30.6. The number of anilines is 2. The van der Waals surface area contributed by atoms with Gasteiger partial charge in [0.05, 0.1) is 28.6 Å². The van der Waals surface area contributed by atoms with Crippen molar-refractivity contribution >= 4 is 44.6 Å². The molecule has 9 heteroatoms. The molecule has 0 saturated heterocycles. The van der Waals surface area contributed by atoms with Gasteiger partial charge in [-0.15, -0.1) is 0 Å².